The predicted molar refractivity (Wildman–Crippen MR) is 78.6 cm³/mol. The van der Waals surface area contributed by atoms with Crippen molar-refractivity contribution >= 4 is 17.9 Å². The Kier molecular flexibility index (Phi) is 3.46. The topological polar surface area (TPSA) is 88.1 Å². The molecule has 2 bridgehead atoms. The third kappa shape index (κ3) is 2.10. The number of rotatable bonds is 4. The Balaban J connectivity index is 1.58. The van der Waals surface area contributed by atoms with Crippen molar-refractivity contribution < 1.29 is 33.3 Å². The molecule has 0 radical (unpaired) electrons. The molecule has 0 aromatic rings. The van der Waals surface area contributed by atoms with Gasteiger partial charge in [-0.3, -0.25) is 14.4 Å². The molecule has 24 heavy (non-hydrogen) atoms. The highest BCUT2D eigenvalue weighted by Gasteiger charge is 2.72. The number of carbonyl (C=O) groups excluding carboxylic acids is 3. The summed E-state index contributed by atoms with van der Waals surface area (Å²) in [5.41, 5.74) is -0.669. The molecular weight excluding hydrogens is 316 g/mol. The number of esters is 3. The van der Waals surface area contributed by atoms with Gasteiger partial charge in [0.25, 0.3) is 0 Å². The summed E-state index contributed by atoms with van der Waals surface area (Å²) in [6, 6.07) is 0. The molecule has 7 nitrogen and oxygen atoms in total. The second-order valence-electron chi connectivity index (χ2n) is 6.99. The van der Waals surface area contributed by atoms with Crippen LogP contribution in [-0.2, 0) is 33.3 Å². The number of carbonyl (C=O) groups is 3. The number of hydrogen-bond donors (Lipinski definition) is 0. The monoisotopic (exact) mass is 336 g/mol. The first-order valence-corrected chi connectivity index (χ1v) is 8.35. The summed E-state index contributed by atoms with van der Waals surface area (Å²) in [4.78, 5) is 36.3. The molecule has 0 N–H and O–H groups in total. The van der Waals surface area contributed by atoms with Crippen LogP contribution < -0.4 is 0 Å². The molecule has 6 unspecified atom stereocenters. The van der Waals surface area contributed by atoms with Crippen LogP contribution in [0.4, 0.5) is 0 Å². The Hall–Kier alpha value is -1.89. The van der Waals surface area contributed by atoms with E-state index in [1.807, 2.05) is 0 Å². The van der Waals surface area contributed by atoms with Gasteiger partial charge in [-0.25, -0.2) is 0 Å². The molecule has 0 spiro atoms. The molecule has 7 heteroatoms. The molecule has 1 aliphatic carbocycles. The maximum Gasteiger partial charge on any atom is 0.313 e. The summed E-state index contributed by atoms with van der Waals surface area (Å²) in [6.07, 6.45) is 2.45. The Morgan fingerprint density at radius 2 is 1.96 bits per heavy atom. The van der Waals surface area contributed by atoms with Gasteiger partial charge in [0.1, 0.15) is 29.6 Å². The fourth-order valence-corrected chi connectivity index (χ4v) is 4.52. The molecule has 3 saturated heterocycles. The second-order valence-corrected chi connectivity index (χ2v) is 6.99. The molecule has 0 aromatic heterocycles. The van der Waals surface area contributed by atoms with Crippen LogP contribution in [0.5, 0.6) is 0 Å². The van der Waals surface area contributed by atoms with Crippen molar-refractivity contribution in [2.24, 2.45) is 11.8 Å². The molecule has 3 heterocycles. The summed E-state index contributed by atoms with van der Waals surface area (Å²) in [7, 11) is 0. The van der Waals surface area contributed by atoms with Gasteiger partial charge < -0.3 is 18.9 Å². The van der Waals surface area contributed by atoms with Crippen molar-refractivity contribution in [3.05, 3.63) is 12.7 Å². The minimum Gasteiger partial charge on any atom is -0.456 e. The average molecular weight is 336 g/mol. The molecule has 4 rings (SSSR count). The van der Waals surface area contributed by atoms with E-state index in [4.69, 9.17) is 18.9 Å². The lowest BCUT2D eigenvalue weighted by molar-refractivity contribution is -0.168. The molecule has 3 aliphatic heterocycles. The van der Waals surface area contributed by atoms with Crippen molar-refractivity contribution in [1.82, 2.24) is 0 Å². The molecule has 4 fully saturated rings. The fourth-order valence-electron chi connectivity index (χ4n) is 4.52. The van der Waals surface area contributed by atoms with E-state index in [2.05, 4.69) is 6.58 Å². The largest absolute Gasteiger partial charge is 0.456 e. The van der Waals surface area contributed by atoms with E-state index in [1.165, 1.54) is 6.92 Å². The number of ether oxygens (including phenoxy) is 4. The lowest BCUT2D eigenvalue weighted by Gasteiger charge is -2.31. The third-order valence-electron chi connectivity index (χ3n) is 5.60. The Labute approximate surface area is 139 Å². The highest BCUT2D eigenvalue weighted by molar-refractivity contribution is 5.87. The standard InChI is InChI=1S/C17H20O7/c1-3-17(6-4-5-7-17)24-16(20)10-9-11-14(23-15(9)19)13(12(10)22-11)21-8(2)18/h3,9-14H,1,4-7H2,2H3. The molecule has 4 aliphatic rings. The Morgan fingerprint density at radius 1 is 1.25 bits per heavy atom. The van der Waals surface area contributed by atoms with Gasteiger partial charge in [-0.2, -0.15) is 0 Å². The minimum atomic E-state index is -0.803. The maximum absolute atomic E-state index is 12.8. The highest BCUT2D eigenvalue weighted by atomic mass is 16.7. The SMILES string of the molecule is C=CC1(OC(=O)C2C3OC4C(OC(=O)C42)C3OC(C)=O)CCCC1. The molecule has 0 amide bonds. The van der Waals surface area contributed by atoms with E-state index in [-0.39, 0.29) is 0 Å². The lowest BCUT2D eigenvalue weighted by atomic mass is 9.78. The van der Waals surface area contributed by atoms with Crippen LogP contribution >= 0.6 is 0 Å². The van der Waals surface area contributed by atoms with E-state index >= 15 is 0 Å². The van der Waals surface area contributed by atoms with Gasteiger partial charge in [0, 0.05) is 6.92 Å². The van der Waals surface area contributed by atoms with E-state index in [9.17, 15) is 14.4 Å². The van der Waals surface area contributed by atoms with E-state index in [1.54, 1.807) is 6.08 Å². The van der Waals surface area contributed by atoms with Crippen LogP contribution in [0.2, 0.25) is 0 Å². The Bertz CT molecular complexity index is 606. The Morgan fingerprint density at radius 3 is 2.58 bits per heavy atom. The predicted octanol–water partition coefficient (Wildman–Crippen LogP) is 0.899. The van der Waals surface area contributed by atoms with E-state index in [0.29, 0.717) is 0 Å². The van der Waals surface area contributed by atoms with Gasteiger partial charge in [0.15, 0.2) is 12.2 Å². The summed E-state index contributed by atoms with van der Waals surface area (Å²) in [5.74, 6) is -2.96. The molecular formula is C17H20O7. The summed E-state index contributed by atoms with van der Waals surface area (Å²) < 4.78 is 22.1. The van der Waals surface area contributed by atoms with Crippen LogP contribution in [-0.4, -0.2) is 47.9 Å². The van der Waals surface area contributed by atoms with Gasteiger partial charge in [-0.05, 0) is 31.8 Å². The van der Waals surface area contributed by atoms with Gasteiger partial charge in [0.2, 0.25) is 0 Å². The van der Waals surface area contributed by atoms with E-state index in [0.717, 1.165) is 25.7 Å². The first-order chi connectivity index (χ1) is 11.5. The normalized spacial score (nSPS) is 41.1. The molecule has 6 atom stereocenters. The van der Waals surface area contributed by atoms with Crippen molar-refractivity contribution in [3.8, 4) is 0 Å². The zero-order valence-electron chi connectivity index (χ0n) is 13.4. The zero-order valence-corrected chi connectivity index (χ0v) is 13.4. The molecule has 0 aromatic carbocycles. The highest BCUT2D eigenvalue weighted by Crippen LogP contribution is 2.52. The smallest absolute Gasteiger partial charge is 0.313 e. The van der Waals surface area contributed by atoms with Crippen molar-refractivity contribution in [2.75, 3.05) is 0 Å². The molecule has 1 saturated carbocycles. The average Bonchev–Trinajstić information content (AvgIpc) is 3.24. The first kappa shape index (κ1) is 15.6. The van der Waals surface area contributed by atoms with Crippen LogP contribution in [0.1, 0.15) is 32.6 Å². The summed E-state index contributed by atoms with van der Waals surface area (Å²) >= 11 is 0. The summed E-state index contributed by atoms with van der Waals surface area (Å²) in [5, 5.41) is 0. The summed E-state index contributed by atoms with van der Waals surface area (Å²) in [6.45, 7) is 5.07. The van der Waals surface area contributed by atoms with Gasteiger partial charge in [-0.1, -0.05) is 6.58 Å². The van der Waals surface area contributed by atoms with Crippen LogP contribution in [0.3, 0.4) is 0 Å². The molecule has 130 valence electrons. The zero-order chi connectivity index (χ0) is 17.1. The maximum atomic E-state index is 12.8. The lowest BCUT2D eigenvalue weighted by Crippen LogP contribution is -2.49. The second kappa shape index (κ2) is 5.31. The van der Waals surface area contributed by atoms with Crippen molar-refractivity contribution in [2.45, 2.75) is 62.6 Å². The van der Waals surface area contributed by atoms with Crippen LogP contribution in [0.15, 0.2) is 12.7 Å². The van der Waals surface area contributed by atoms with Crippen LogP contribution in [0, 0.1) is 11.8 Å². The minimum absolute atomic E-state index is 0.483. The van der Waals surface area contributed by atoms with Crippen LogP contribution in [0.25, 0.3) is 0 Å². The van der Waals surface area contributed by atoms with Gasteiger partial charge >= 0.3 is 17.9 Å². The van der Waals surface area contributed by atoms with Crippen molar-refractivity contribution in [3.63, 3.8) is 0 Å². The number of fused-ring (bicyclic) bond motifs is 1. The van der Waals surface area contributed by atoms with E-state index < -0.39 is 59.8 Å². The fraction of sp³-hybridized carbons (Fsp3) is 0.706. The number of hydrogen-bond acceptors (Lipinski definition) is 7. The van der Waals surface area contributed by atoms with Gasteiger partial charge in [0.05, 0.1) is 0 Å². The third-order valence-corrected chi connectivity index (χ3v) is 5.60. The van der Waals surface area contributed by atoms with Crippen molar-refractivity contribution in [1.29, 1.82) is 0 Å². The quantitative estimate of drug-likeness (QED) is 0.428. The van der Waals surface area contributed by atoms with Gasteiger partial charge in [-0.15, -0.1) is 0 Å². The first-order valence-electron chi connectivity index (χ1n) is 8.35.